The fourth-order valence-electron chi connectivity index (χ4n) is 1.26. The molecule has 0 radical (unpaired) electrons. The third-order valence-electron chi connectivity index (χ3n) is 2.32. The van der Waals surface area contributed by atoms with Crippen LogP contribution >= 0.6 is 15.9 Å². The number of rotatable bonds is 4. The highest BCUT2D eigenvalue weighted by atomic mass is 79.9. The molecular formula is C12H15BrN2. The van der Waals surface area contributed by atoms with Crippen molar-refractivity contribution in [2.24, 2.45) is 11.8 Å². The quantitative estimate of drug-likeness (QED) is 0.903. The highest BCUT2D eigenvalue weighted by Gasteiger charge is 2.11. The van der Waals surface area contributed by atoms with Gasteiger partial charge >= 0.3 is 0 Å². The van der Waals surface area contributed by atoms with E-state index in [1.54, 1.807) is 0 Å². The lowest BCUT2D eigenvalue weighted by Crippen LogP contribution is -2.17. The van der Waals surface area contributed by atoms with Crippen molar-refractivity contribution in [3.05, 3.63) is 28.7 Å². The molecule has 0 saturated carbocycles. The van der Waals surface area contributed by atoms with E-state index in [0.29, 0.717) is 12.5 Å². The van der Waals surface area contributed by atoms with Gasteiger partial charge in [-0.15, -0.1) is 0 Å². The third kappa shape index (κ3) is 3.93. The molecule has 15 heavy (non-hydrogen) atoms. The molecule has 0 spiro atoms. The van der Waals surface area contributed by atoms with E-state index in [2.05, 4.69) is 41.2 Å². The van der Waals surface area contributed by atoms with Gasteiger partial charge in [0.1, 0.15) is 0 Å². The smallest absolute Gasteiger partial charge is 0.0677 e. The molecule has 1 unspecified atom stereocenters. The van der Waals surface area contributed by atoms with Crippen molar-refractivity contribution in [2.75, 3.05) is 11.9 Å². The monoisotopic (exact) mass is 266 g/mol. The van der Waals surface area contributed by atoms with Gasteiger partial charge in [-0.25, -0.2) is 0 Å². The van der Waals surface area contributed by atoms with Gasteiger partial charge in [0.05, 0.1) is 12.0 Å². The minimum absolute atomic E-state index is 0.0592. The number of hydrogen-bond acceptors (Lipinski definition) is 2. The Kier molecular flexibility index (Phi) is 4.64. The van der Waals surface area contributed by atoms with Gasteiger partial charge in [-0.05, 0) is 24.1 Å². The van der Waals surface area contributed by atoms with E-state index in [1.165, 1.54) is 0 Å². The van der Waals surface area contributed by atoms with Crippen molar-refractivity contribution >= 4 is 21.6 Å². The Balaban J connectivity index is 2.53. The van der Waals surface area contributed by atoms with Crippen LogP contribution in [0, 0.1) is 23.2 Å². The van der Waals surface area contributed by atoms with Gasteiger partial charge < -0.3 is 5.32 Å². The van der Waals surface area contributed by atoms with Gasteiger partial charge in [-0.3, -0.25) is 0 Å². The first kappa shape index (κ1) is 12.1. The van der Waals surface area contributed by atoms with Crippen molar-refractivity contribution in [1.29, 1.82) is 5.26 Å². The van der Waals surface area contributed by atoms with Crippen LogP contribution in [0.1, 0.15) is 13.8 Å². The summed E-state index contributed by atoms with van der Waals surface area (Å²) < 4.78 is 1.05. The fraction of sp³-hybridized carbons (Fsp3) is 0.417. The Hall–Kier alpha value is -1.01. The molecule has 1 aromatic carbocycles. The van der Waals surface area contributed by atoms with Gasteiger partial charge in [0.2, 0.25) is 0 Å². The lowest BCUT2D eigenvalue weighted by atomic mass is 9.97. The fourth-order valence-corrected chi connectivity index (χ4v) is 1.66. The Morgan fingerprint density at radius 2 is 2.20 bits per heavy atom. The molecule has 0 aliphatic carbocycles. The van der Waals surface area contributed by atoms with E-state index in [0.717, 1.165) is 10.2 Å². The molecule has 0 saturated heterocycles. The number of nitriles is 1. The summed E-state index contributed by atoms with van der Waals surface area (Å²) in [4.78, 5) is 0. The number of nitrogens with one attached hydrogen (secondary N) is 1. The van der Waals surface area contributed by atoms with Gasteiger partial charge in [0.15, 0.2) is 0 Å². The summed E-state index contributed by atoms with van der Waals surface area (Å²) in [6.07, 6.45) is 0. The predicted molar refractivity (Wildman–Crippen MR) is 66.6 cm³/mol. The second-order valence-corrected chi connectivity index (χ2v) is 4.79. The Morgan fingerprint density at radius 3 is 2.73 bits per heavy atom. The van der Waals surface area contributed by atoms with Crippen molar-refractivity contribution in [3.8, 4) is 6.07 Å². The molecule has 3 heteroatoms. The molecule has 1 aromatic rings. The van der Waals surface area contributed by atoms with Gasteiger partial charge in [0.25, 0.3) is 0 Å². The van der Waals surface area contributed by atoms with Crippen LogP contribution in [0.2, 0.25) is 0 Å². The molecule has 1 N–H and O–H groups in total. The molecule has 0 amide bonds. The summed E-state index contributed by atoms with van der Waals surface area (Å²) in [5.74, 6) is 0.443. The second-order valence-electron chi connectivity index (χ2n) is 3.87. The van der Waals surface area contributed by atoms with Crippen molar-refractivity contribution in [1.82, 2.24) is 0 Å². The number of halogens is 1. The Labute approximate surface area is 99.4 Å². The van der Waals surface area contributed by atoms with Crippen LogP contribution in [-0.2, 0) is 0 Å². The van der Waals surface area contributed by atoms with Gasteiger partial charge in [-0.1, -0.05) is 35.8 Å². The largest absolute Gasteiger partial charge is 0.384 e. The summed E-state index contributed by atoms with van der Waals surface area (Å²) >= 11 is 3.41. The molecule has 0 fully saturated rings. The molecule has 2 nitrogen and oxygen atoms in total. The van der Waals surface area contributed by atoms with Gasteiger partial charge in [0, 0.05) is 16.7 Å². The predicted octanol–water partition coefficient (Wildman–Crippen LogP) is 3.66. The minimum atomic E-state index is 0.0592. The minimum Gasteiger partial charge on any atom is -0.384 e. The van der Waals surface area contributed by atoms with Crippen molar-refractivity contribution in [2.45, 2.75) is 13.8 Å². The summed E-state index contributed by atoms with van der Waals surface area (Å²) in [6.45, 7) is 4.83. The van der Waals surface area contributed by atoms with Crippen LogP contribution in [0.3, 0.4) is 0 Å². The normalized spacial score (nSPS) is 12.2. The zero-order chi connectivity index (χ0) is 11.3. The summed E-state index contributed by atoms with van der Waals surface area (Å²) in [5.41, 5.74) is 1.05. The summed E-state index contributed by atoms with van der Waals surface area (Å²) in [7, 11) is 0. The first-order valence-electron chi connectivity index (χ1n) is 5.02. The average Bonchev–Trinajstić information content (AvgIpc) is 2.18. The Morgan fingerprint density at radius 1 is 1.47 bits per heavy atom. The van der Waals surface area contributed by atoms with Crippen LogP contribution in [0.5, 0.6) is 0 Å². The molecule has 0 bridgehead atoms. The number of anilines is 1. The van der Waals surface area contributed by atoms with E-state index < -0.39 is 0 Å². The van der Waals surface area contributed by atoms with E-state index in [4.69, 9.17) is 5.26 Å². The van der Waals surface area contributed by atoms with Crippen molar-refractivity contribution in [3.63, 3.8) is 0 Å². The maximum Gasteiger partial charge on any atom is 0.0677 e. The highest BCUT2D eigenvalue weighted by Crippen LogP contribution is 2.17. The average molecular weight is 267 g/mol. The van der Waals surface area contributed by atoms with Crippen LogP contribution in [0.15, 0.2) is 28.7 Å². The standard InChI is InChI=1S/C12H15BrN2/c1-9(2)10(7-14)8-15-12-5-3-4-11(13)6-12/h3-6,9-10,15H,8H2,1-2H3. The number of hydrogen-bond donors (Lipinski definition) is 1. The van der Waals surface area contributed by atoms with Crippen molar-refractivity contribution < 1.29 is 0 Å². The maximum absolute atomic E-state index is 8.93. The molecule has 0 aliphatic heterocycles. The number of benzene rings is 1. The molecule has 0 aromatic heterocycles. The third-order valence-corrected chi connectivity index (χ3v) is 2.81. The SMILES string of the molecule is CC(C)C(C#N)CNc1cccc(Br)c1. The van der Waals surface area contributed by atoms with E-state index >= 15 is 0 Å². The summed E-state index contributed by atoms with van der Waals surface area (Å²) in [5, 5.41) is 12.2. The highest BCUT2D eigenvalue weighted by molar-refractivity contribution is 9.10. The summed E-state index contributed by atoms with van der Waals surface area (Å²) in [6, 6.07) is 10.3. The molecule has 0 aliphatic rings. The van der Waals surface area contributed by atoms with Crippen LogP contribution in [-0.4, -0.2) is 6.54 Å². The topological polar surface area (TPSA) is 35.8 Å². The molecule has 1 rings (SSSR count). The number of nitrogens with zero attached hydrogens (tertiary/aromatic N) is 1. The van der Waals surface area contributed by atoms with Crippen LogP contribution in [0.25, 0.3) is 0 Å². The first-order valence-corrected chi connectivity index (χ1v) is 5.82. The zero-order valence-corrected chi connectivity index (χ0v) is 10.6. The van der Waals surface area contributed by atoms with E-state index in [1.807, 2.05) is 24.3 Å². The maximum atomic E-state index is 8.93. The van der Waals surface area contributed by atoms with Crippen LogP contribution < -0.4 is 5.32 Å². The molecular weight excluding hydrogens is 252 g/mol. The lowest BCUT2D eigenvalue weighted by molar-refractivity contribution is 0.496. The zero-order valence-electron chi connectivity index (χ0n) is 9.00. The van der Waals surface area contributed by atoms with E-state index in [9.17, 15) is 0 Å². The Bertz CT molecular complexity index is 355. The lowest BCUT2D eigenvalue weighted by Gasteiger charge is -2.14. The molecule has 80 valence electrons. The second kappa shape index (κ2) is 5.77. The molecule has 0 heterocycles. The molecule has 1 atom stereocenters. The first-order chi connectivity index (χ1) is 7.13. The van der Waals surface area contributed by atoms with E-state index in [-0.39, 0.29) is 5.92 Å². The van der Waals surface area contributed by atoms with Crippen LogP contribution in [0.4, 0.5) is 5.69 Å². The van der Waals surface area contributed by atoms with Gasteiger partial charge in [-0.2, -0.15) is 5.26 Å².